The number of nitrogens with one attached hydrogen (secondary N) is 1. The predicted molar refractivity (Wildman–Crippen MR) is 111 cm³/mol. The van der Waals surface area contributed by atoms with E-state index in [0.29, 0.717) is 13.0 Å². The van der Waals surface area contributed by atoms with Crippen LogP contribution in [0, 0.1) is 0 Å². The topological polar surface area (TPSA) is 54.5 Å². The molecule has 2 heterocycles. The van der Waals surface area contributed by atoms with Gasteiger partial charge in [0.15, 0.2) is 0 Å². The molecule has 0 radical (unpaired) electrons. The first-order valence-electron chi connectivity index (χ1n) is 9.68. The summed E-state index contributed by atoms with van der Waals surface area (Å²) in [5.41, 5.74) is 5.83. The zero-order valence-electron chi connectivity index (χ0n) is 16.1. The van der Waals surface area contributed by atoms with E-state index in [-0.39, 0.29) is 5.91 Å². The zero-order chi connectivity index (χ0) is 19.3. The minimum atomic E-state index is -0.0173. The van der Waals surface area contributed by atoms with E-state index in [4.69, 9.17) is 4.74 Å². The number of pyridine rings is 1. The monoisotopic (exact) mass is 375 g/mol. The van der Waals surface area contributed by atoms with Gasteiger partial charge in [-0.15, -0.1) is 0 Å². The van der Waals surface area contributed by atoms with Crippen molar-refractivity contribution in [3.8, 4) is 0 Å². The summed E-state index contributed by atoms with van der Waals surface area (Å²) < 4.78 is 4.97. The van der Waals surface area contributed by atoms with Crippen LogP contribution in [0.5, 0.6) is 0 Å². The lowest BCUT2D eigenvalue weighted by Crippen LogP contribution is -2.30. The zero-order valence-corrected chi connectivity index (χ0v) is 16.1. The molecule has 0 saturated heterocycles. The molecule has 1 aliphatic rings. The number of methoxy groups -OCH3 is 1. The van der Waals surface area contributed by atoms with Crippen molar-refractivity contribution in [1.82, 2.24) is 9.88 Å². The van der Waals surface area contributed by atoms with Gasteiger partial charge in [-0.05, 0) is 41.3 Å². The molecular weight excluding hydrogens is 350 g/mol. The average molecular weight is 375 g/mol. The molecule has 1 aromatic heterocycles. The quantitative estimate of drug-likeness (QED) is 0.713. The molecule has 2 aromatic carbocycles. The standard InChI is InChI=1S/C23H25N3O2/c1-28-13-10-22(27)25-21-8-7-17-9-12-26(16-20(17)14-21)15-19-5-2-4-18-6-3-11-24-23(18)19/h2-8,11,14H,9-10,12-13,15-16H2,1H3,(H,25,27). The molecule has 0 aliphatic carbocycles. The largest absolute Gasteiger partial charge is 0.384 e. The third kappa shape index (κ3) is 4.21. The summed E-state index contributed by atoms with van der Waals surface area (Å²) in [6, 6.07) is 16.7. The molecule has 4 rings (SSSR count). The minimum absolute atomic E-state index is 0.0173. The number of amides is 1. The minimum Gasteiger partial charge on any atom is -0.384 e. The Morgan fingerprint density at radius 2 is 2.07 bits per heavy atom. The molecule has 0 saturated carbocycles. The summed E-state index contributed by atoms with van der Waals surface area (Å²) in [7, 11) is 1.60. The molecule has 1 amide bonds. The van der Waals surface area contributed by atoms with Gasteiger partial charge in [-0.25, -0.2) is 0 Å². The summed E-state index contributed by atoms with van der Waals surface area (Å²) in [6.45, 7) is 3.21. The van der Waals surface area contributed by atoms with Gasteiger partial charge >= 0.3 is 0 Å². The molecular formula is C23H25N3O2. The lowest BCUT2D eigenvalue weighted by Gasteiger charge is -2.29. The summed E-state index contributed by atoms with van der Waals surface area (Å²) in [4.78, 5) is 19.0. The molecule has 3 aromatic rings. The van der Waals surface area contributed by atoms with Crippen LogP contribution in [0.2, 0.25) is 0 Å². The number of hydrogen-bond donors (Lipinski definition) is 1. The number of para-hydroxylation sites is 1. The van der Waals surface area contributed by atoms with E-state index in [1.54, 1.807) is 7.11 Å². The lowest BCUT2D eigenvalue weighted by molar-refractivity contribution is -0.117. The Morgan fingerprint density at radius 3 is 2.96 bits per heavy atom. The van der Waals surface area contributed by atoms with E-state index in [1.807, 2.05) is 18.3 Å². The van der Waals surface area contributed by atoms with Gasteiger partial charge in [-0.3, -0.25) is 14.7 Å². The van der Waals surface area contributed by atoms with Gasteiger partial charge in [-0.1, -0.05) is 30.3 Å². The van der Waals surface area contributed by atoms with Crippen LogP contribution in [0.1, 0.15) is 23.1 Å². The number of nitrogens with zero attached hydrogens (tertiary/aromatic N) is 2. The SMILES string of the molecule is COCCC(=O)Nc1ccc2c(c1)CN(Cc1cccc3cccnc13)CC2. The van der Waals surface area contributed by atoms with Crippen LogP contribution >= 0.6 is 0 Å². The van der Waals surface area contributed by atoms with E-state index in [9.17, 15) is 4.79 Å². The Bertz CT molecular complexity index is 981. The highest BCUT2D eigenvalue weighted by Crippen LogP contribution is 2.25. The van der Waals surface area contributed by atoms with E-state index in [0.717, 1.165) is 37.3 Å². The van der Waals surface area contributed by atoms with E-state index >= 15 is 0 Å². The van der Waals surface area contributed by atoms with Crippen molar-refractivity contribution < 1.29 is 9.53 Å². The highest BCUT2D eigenvalue weighted by atomic mass is 16.5. The molecule has 0 unspecified atom stereocenters. The van der Waals surface area contributed by atoms with Crippen LogP contribution in [0.4, 0.5) is 5.69 Å². The number of carbonyl (C=O) groups excluding carboxylic acids is 1. The fourth-order valence-electron chi connectivity index (χ4n) is 3.78. The van der Waals surface area contributed by atoms with Gasteiger partial charge in [0, 0.05) is 44.0 Å². The molecule has 144 valence electrons. The maximum atomic E-state index is 12.0. The molecule has 5 nitrogen and oxygen atoms in total. The van der Waals surface area contributed by atoms with Crippen LogP contribution in [-0.2, 0) is 29.0 Å². The fourth-order valence-corrected chi connectivity index (χ4v) is 3.78. The Balaban J connectivity index is 1.48. The Labute approximate surface area is 165 Å². The summed E-state index contributed by atoms with van der Waals surface area (Å²) in [5, 5.41) is 4.15. The van der Waals surface area contributed by atoms with Gasteiger partial charge in [-0.2, -0.15) is 0 Å². The highest BCUT2D eigenvalue weighted by molar-refractivity contribution is 5.90. The Kier molecular flexibility index (Phi) is 5.65. The van der Waals surface area contributed by atoms with Gasteiger partial charge in [0.25, 0.3) is 0 Å². The van der Waals surface area contributed by atoms with Crippen molar-refractivity contribution in [1.29, 1.82) is 0 Å². The van der Waals surface area contributed by atoms with Crippen LogP contribution in [0.3, 0.4) is 0 Å². The van der Waals surface area contributed by atoms with Crippen LogP contribution in [-0.4, -0.2) is 36.1 Å². The second kappa shape index (κ2) is 8.50. The van der Waals surface area contributed by atoms with E-state index < -0.39 is 0 Å². The predicted octanol–water partition coefficient (Wildman–Crippen LogP) is 3.77. The van der Waals surface area contributed by atoms with Crippen molar-refractivity contribution in [3.63, 3.8) is 0 Å². The first kappa shape index (κ1) is 18.6. The molecule has 0 fully saturated rings. The number of ether oxygens (including phenoxy) is 1. The molecule has 28 heavy (non-hydrogen) atoms. The molecule has 1 N–H and O–H groups in total. The van der Waals surface area contributed by atoms with Gasteiger partial charge in [0.05, 0.1) is 18.5 Å². The molecule has 0 atom stereocenters. The number of rotatable bonds is 6. The second-order valence-electron chi connectivity index (χ2n) is 7.23. The van der Waals surface area contributed by atoms with Gasteiger partial charge in [0.2, 0.25) is 5.91 Å². The molecule has 0 spiro atoms. The first-order valence-corrected chi connectivity index (χ1v) is 9.68. The third-order valence-corrected chi connectivity index (χ3v) is 5.22. The van der Waals surface area contributed by atoms with Crippen LogP contribution in [0.25, 0.3) is 10.9 Å². The Hall–Kier alpha value is -2.76. The molecule has 5 heteroatoms. The number of fused-ring (bicyclic) bond motifs is 2. The summed E-state index contributed by atoms with van der Waals surface area (Å²) in [5.74, 6) is -0.0173. The normalized spacial score (nSPS) is 14.0. The maximum Gasteiger partial charge on any atom is 0.226 e. The second-order valence-corrected chi connectivity index (χ2v) is 7.23. The smallest absolute Gasteiger partial charge is 0.226 e. The summed E-state index contributed by atoms with van der Waals surface area (Å²) >= 11 is 0. The number of hydrogen-bond acceptors (Lipinski definition) is 4. The average Bonchev–Trinajstić information content (AvgIpc) is 2.72. The third-order valence-electron chi connectivity index (χ3n) is 5.22. The number of carbonyl (C=O) groups is 1. The molecule has 1 aliphatic heterocycles. The lowest BCUT2D eigenvalue weighted by atomic mass is 9.98. The van der Waals surface area contributed by atoms with Crippen LogP contribution < -0.4 is 5.32 Å². The number of anilines is 1. The van der Waals surface area contributed by atoms with E-state index in [2.05, 4.69) is 51.6 Å². The van der Waals surface area contributed by atoms with Crippen molar-refractivity contribution in [2.24, 2.45) is 0 Å². The maximum absolute atomic E-state index is 12.0. The van der Waals surface area contributed by atoms with Crippen molar-refractivity contribution in [2.45, 2.75) is 25.9 Å². The number of benzene rings is 2. The number of aromatic nitrogens is 1. The van der Waals surface area contributed by atoms with Crippen molar-refractivity contribution in [3.05, 3.63) is 71.4 Å². The van der Waals surface area contributed by atoms with Gasteiger partial charge in [0.1, 0.15) is 0 Å². The first-order chi connectivity index (χ1) is 13.7. The fraction of sp³-hybridized carbons (Fsp3) is 0.304. The van der Waals surface area contributed by atoms with E-state index in [1.165, 1.54) is 22.1 Å². The van der Waals surface area contributed by atoms with Gasteiger partial charge < -0.3 is 10.1 Å². The van der Waals surface area contributed by atoms with Crippen molar-refractivity contribution >= 4 is 22.5 Å². The summed E-state index contributed by atoms with van der Waals surface area (Å²) in [6.07, 6.45) is 3.25. The van der Waals surface area contributed by atoms with Crippen molar-refractivity contribution in [2.75, 3.05) is 25.6 Å². The highest BCUT2D eigenvalue weighted by Gasteiger charge is 2.18. The molecule has 0 bridgehead atoms. The Morgan fingerprint density at radius 1 is 1.18 bits per heavy atom. The van der Waals surface area contributed by atoms with Crippen LogP contribution in [0.15, 0.2) is 54.7 Å².